The van der Waals surface area contributed by atoms with Gasteiger partial charge in [-0.1, -0.05) is 36.5 Å². The zero-order chi connectivity index (χ0) is 22.2. The number of nitrogens with one attached hydrogen (secondary N) is 2. The highest BCUT2D eigenvalue weighted by Gasteiger charge is 2.31. The maximum Gasteiger partial charge on any atom is 0.269 e. The Kier molecular flexibility index (Phi) is 8.33. The van der Waals surface area contributed by atoms with Gasteiger partial charge in [0.1, 0.15) is 10.1 Å². The van der Waals surface area contributed by atoms with Crippen LogP contribution >= 0.6 is 35.3 Å². The predicted molar refractivity (Wildman–Crippen MR) is 125 cm³/mol. The molecule has 0 bridgehead atoms. The lowest BCUT2D eigenvalue weighted by Gasteiger charge is -2.14. The first kappa shape index (κ1) is 23.1. The zero-order valence-electron chi connectivity index (χ0n) is 16.4. The lowest BCUT2D eigenvalue weighted by molar-refractivity contribution is -0.123. The van der Waals surface area contributed by atoms with Gasteiger partial charge in [0.15, 0.2) is 0 Å². The number of unbranched alkanes of at least 4 members (excludes halogenated alkanes) is 2. The number of thioether (sulfide) groups is 1. The number of carbonyl (C=O) groups is 3. The van der Waals surface area contributed by atoms with Crippen LogP contribution in [0.4, 0.5) is 4.39 Å². The quantitative estimate of drug-likeness (QED) is 0.259. The van der Waals surface area contributed by atoms with Crippen molar-refractivity contribution < 1.29 is 18.8 Å². The molecule has 2 N–H and O–H groups in total. The Hall–Kier alpha value is -2.56. The fourth-order valence-electron chi connectivity index (χ4n) is 2.79. The van der Waals surface area contributed by atoms with Gasteiger partial charge in [-0.25, -0.2) is 4.39 Å². The topological polar surface area (TPSA) is 78.5 Å². The molecule has 1 fully saturated rings. The molecule has 1 aliphatic heterocycles. The molecule has 1 aromatic carbocycles. The summed E-state index contributed by atoms with van der Waals surface area (Å²) in [5.41, 5.74) is 4.89. The molecule has 0 unspecified atom stereocenters. The third-order valence-corrected chi connectivity index (χ3v) is 6.59. The second-order valence-corrected chi connectivity index (χ2v) is 9.32. The monoisotopic (exact) mass is 477 g/mol. The molecule has 162 valence electrons. The second kappa shape index (κ2) is 11.2. The van der Waals surface area contributed by atoms with E-state index < -0.39 is 11.7 Å². The molecule has 1 saturated heterocycles. The maximum atomic E-state index is 12.9. The molecule has 31 heavy (non-hydrogen) atoms. The Morgan fingerprint density at radius 3 is 2.58 bits per heavy atom. The van der Waals surface area contributed by atoms with Gasteiger partial charge < -0.3 is 0 Å². The van der Waals surface area contributed by atoms with Crippen molar-refractivity contribution in [2.75, 3.05) is 6.54 Å². The first-order valence-electron chi connectivity index (χ1n) is 9.57. The third kappa shape index (κ3) is 6.71. The fourth-order valence-corrected chi connectivity index (χ4v) is 4.82. The molecule has 1 aromatic heterocycles. The Balaban J connectivity index is 1.33. The van der Waals surface area contributed by atoms with E-state index in [2.05, 4.69) is 10.9 Å². The zero-order valence-corrected chi connectivity index (χ0v) is 18.9. The highest BCUT2D eigenvalue weighted by atomic mass is 32.2. The van der Waals surface area contributed by atoms with Crippen molar-refractivity contribution >= 4 is 63.4 Å². The van der Waals surface area contributed by atoms with E-state index in [9.17, 15) is 18.8 Å². The Morgan fingerprint density at radius 1 is 1.10 bits per heavy atom. The van der Waals surface area contributed by atoms with Crippen LogP contribution in [-0.2, 0) is 9.59 Å². The Bertz CT molecular complexity index is 991. The fraction of sp³-hybridized carbons (Fsp3) is 0.238. The molecular weight excluding hydrogens is 457 g/mol. The van der Waals surface area contributed by atoms with Crippen LogP contribution in [0.1, 0.15) is 40.9 Å². The van der Waals surface area contributed by atoms with Crippen molar-refractivity contribution in [1.82, 2.24) is 15.8 Å². The number of nitrogens with zero attached hydrogens (tertiary/aromatic N) is 1. The summed E-state index contributed by atoms with van der Waals surface area (Å²) in [6, 6.07) is 8.90. The number of rotatable bonds is 8. The largest absolute Gasteiger partial charge is 0.293 e. The number of benzene rings is 1. The number of thiocarbonyl (C=S) groups is 1. The molecule has 3 rings (SSSR count). The van der Waals surface area contributed by atoms with E-state index in [0.717, 1.165) is 11.3 Å². The normalized spacial score (nSPS) is 14.9. The molecule has 1 aliphatic rings. The summed E-state index contributed by atoms with van der Waals surface area (Å²) in [5.74, 6) is -1.35. The van der Waals surface area contributed by atoms with Gasteiger partial charge >= 0.3 is 0 Å². The van der Waals surface area contributed by atoms with E-state index in [1.54, 1.807) is 16.2 Å². The summed E-state index contributed by atoms with van der Waals surface area (Å²) in [6.45, 7) is 0.509. The van der Waals surface area contributed by atoms with Gasteiger partial charge in [-0.3, -0.25) is 30.1 Å². The van der Waals surface area contributed by atoms with Gasteiger partial charge in [0.2, 0.25) is 5.91 Å². The molecule has 0 aliphatic carbocycles. The van der Waals surface area contributed by atoms with Crippen LogP contribution in [0.3, 0.4) is 0 Å². The summed E-state index contributed by atoms with van der Waals surface area (Å²) in [5, 5.41) is 1.96. The molecule has 0 radical (unpaired) electrons. The van der Waals surface area contributed by atoms with Crippen molar-refractivity contribution in [1.29, 1.82) is 0 Å². The van der Waals surface area contributed by atoms with Crippen LogP contribution in [0.15, 0.2) is 46.7 Å². The van der Waals surface area contributed by atoms with Gasteiger partial charge in [0.25, 0.3) is 11.8 Å². The molecular formula is C21H20FN3O3S3. The summed E-state index contributed by atoms with van der Waals surface area (Å²) in [4.78, 5) is 39.5. The highest BCUT2D eigenvalue weighted by Crippen LogP contribution is 2.33. The van der Waals surface area contributed by atoms with Crippen molar-refractivity contribution in [3.63, 3.8) is 0 Å². The first-order valence-corrected chi connectivity index (χ1v) is 11.7. The Labute approximate surface area is 192 Å². The van der Waals surface area contributed by atoms with Gasteiger partial charge in [-0.2, -0.15) is 0 Å². The minimum Gasteiger partial charge on any atom is -0.293 e. The highest BCUT2D eigenvalue weighted by molar-refractivity contribution is 8.26. The van der Waals surface area contributed by atoms with E-state index in [1.165, 1.54) is 36.0 Å². The van der Waals surface area contributed by atoms with Crippen LogP contribution in [0.2, 0.25) is 0 Å². The molecule has 0 spiro atoms. The number of hydrazine groups is 1. The van der Waals surface area contributed by atoms with Crippen LogP contribution in [0.25, 0.3) is 6.08 Å². The van der Waals surface area contributed by atoms with E-state index in [0.29, 0.717) is 28.6 Å². The van der Waals surface area contributed by atoms with Crippen molar-refractivity contribution in [3.05, 3.63) is 62.9 Å². The molecule has 10 heteroatoms. The third-order valence-electron chi connectivity index (χ3n) is 4.40. The molecule has 0 saturated carbocycles. The van der Waals surface area contributed by atoms with Gasteiger partial charge in [-0.15, -0.1) is 11.3 Å². The van der Waals surface area contributed by atoms with E-state index in [4.69, 9.17) is 12.2 Å². The molecule has 3 amide bonds. The summed E-state index contributed by atoms with van der Waals surface area (Å²) in [7, 11) is 0. The predicted octanol–water partition coefficient (Wildman–Crippen LogP) is 4.11. The number of carbonyl (C=O) groups excluding carboxylic acids is 3. The number of amides is 3. The van der Waals surface area contributed by atoms with Crippen molar-refractivity contribution in [2.24, 2.45) is 0 Å². The lowest BCUT2D eigenvalue weighted by atomic mass is 10.2. The van der Waals surface area contributed by atoms with Gasteiger partial charge in [-0.05, 0) is 54.6 Å². The molecule has 6 nitrogen and oxygen atoms in total. The number of hydrogen-bond donors (Lipinski definition) is 2. The number of thiophene rings is 1. The molecule has 0 atom stereocenters. The van der Waals surface area contributed by atoms with Crippen molar-refractivity contribution in [3.8, 4) is 0 Å². The van der Waals surface area contributed by atoms with Gasteiger partial charge in [0.05, 0.1) is 4.91 Å². The van der Waals surface area contributed by atoms with Crippen molar-refractivity contribution in [2.45, 2.75) is 25.7 Å². The summed E-state index contributed by atoms with van der Waals surface area (Å²) < 4.78 is 13.4. The van der Waals surface area contributed by atoms with Gasteiger partial charge in [0, 0.05) is 23.4 Å². The standard InChI is InChI=1S/C21H20FN3O3S3/c22-15-9-7-14(8-10-15)19(27)24-23-18(26)6-2-1-3-11-25-20(28)17(31-21(25)29)13-16-5-4-12-30-16/h4-5,7-10,12-13H,1-3,6,11H2,(H,23,26)(H,24,27)/b17-13-. The summed E-state index contributed by atoms with van der Waals surface area (Å²) in [6.07, 6.45) is 4.15. The number of hydrogen-bond acceptors (Lipinski definition) is 6. The minimum atomic E-state index is -0.515. The smallest absolute Gasteiger partial charge is 0.269 e. The van der Waals surface area contributed by atoms with E-state index >= 15 is 0 Å². The molecule has 2 heterocycles. The van der Waals surface area contributed by atoms with Crippen LogP contribution in [0.5, 0.6) is 0 Å². The minimum absolute atomic E-state index is 0.0790. The average molecular weight is 478 g/mol. The summed E-state index contributed by atoms with van der Waals surface area (Å²) >= 11 is 8.19. The van der Waals surface area contributed by atoms with E-state index in [-0.39, 0.29) is 23.8 Å². The van der Waals surface area contributed by atoms with Crippen LogP contribution in [-0.4, -0.2) is 33.5 Å². The Morgan fingerprint density at radius 2 is 1.87 bits per heavy atom. The van der Waals surface area contributed by atoms with Crippen LogP contribution < -0.4 is 10.9 Å². The number of halogens is 1. The second-order valence-electron chi connectivity index (χ2n) is 6.67. The van der Waals surface area contributed by atoms with Crippen LogP contribution in [0, 0.1) is 5.82 Å². The average Bonchev–Trinajstić information content (AvgIpc) is 3.35. The maximum absolute atomic E-state index is 12.9. The van der Waals surface area contributed by atoms with E-state index in [1.807, 2.05) is 23.6 Å². The molecule has 2 aromatic rings. The first-order chi connectivity index (χ1) is 14.9. The SMILES string of the molecule is O=C(CCCCCN1C(=O)/C(=C/c2cccs2)SC1=S)NNC(=O)c1ccc(F)cc1. The lowest BCUT2D eigenvalue weighted by Crippen LogP contribution is -2.41.